The Bertz CT molecular complexity index is 1200. The quantitative estimate of drug-likeness (QED) is 0.507. The van der Waals surface area contributed by atoms with Gasteiger partial charge in [0.25, 0.3) is 0 Å². The maximum absolute atomic E-state index is 12.6. The first-order valence-electron chi connectivity index (χ1n) is 10.9. The van der Waals surface area contributed by atoms with Crippen molar-refractivity contribution in [1.29, 1.82) is 0 Å². The molecule has 10 heteroatoms. The van der Waals surface area contributed by atoms with E-state index in [2.05, 4.69) is 42.8 Å². The molecular formula is C22H25N7OS2. The number of hydrogen-bond acceptors (Lipinski definition) is 8. The third kappa shape index (κ3) is 3.33. The minimum atomic E-state index is -0.0490. The first-order valence-corrected chi connectivity index (χ1v) is 12.7. The van der Waals surface area contributed by atoms with Gasteiger partial charge in [0.15, 0.2) is 5.16 Å². The zero-order valence-corrected chi connectivity index (χ0v) is 19.6. The second kappa shape index (κ2) is 7.87. The fourth-order valence-electron chi connectivity index (χ4n) is 4.78. The number of hydrogen-bond donors (Lipinski definition) is 3. The molecule has 166 valence electrons. The van der Waals surface area contributed by atoms with Gasteiger partial charge >= 0.3 is 0 Å². The molecule has 1 aromatic carbocycles. The number of carbonyl (C=O) groups excluding carboxylic acids is 1. The van der Waals surface area contributed by atoms with E-state index in [0.717, 1.165) is 35.2 Å². The lowest BCUT2D eigenvalue weighted by molar-refractivity contribution is -0.113. The summed E-state index contributed by atoms with van der Waals surface area (Å²) in [5, 5.41) is 19.5. The molecule has 0 spiro atoms. The van der Waals surface area contributed by atoms with Crippen molar-refractivity contribution < 1.29 is 4.79 Å². The molecule has 1 aliphatic carbocycles. The first kappa shape index (κ1) is 20.2. The Hall–Kier alpha value is -2.40. The molecule has 6 rings (SSSR count). The van der Waals surface area contributed by atoms with Gasteiger partial charge in [-0.1, -0.05) is 30.8 Å². The van der Waals surface area contributed by atoms with Gasteiger partial charge in [-0.15, -0.1) is 21.5 Å². The van der Waals surface area contributed by atoms with E-state index in [-0.39, 0.29) is 17.8 Å². The number of thiophene rings is 1. The smallest absolute Gasteiger partial charge is 0.249 e. The zero-order valence-electron chi connectivity index (χ0n) is 18.0. The van der Waals surface area contributed by atoms with Crippen LogP contribution in [0.25, 0.3) is 5.00 Å². The van der Waals surface area contributed by atoms with Crippen molar-refractivity contribution >= 4 is 40.6 Å². The van der Waals surface area contributed by atoms with E-state index in [1.54, 1.807) is 0 Å². The van der Waals surface area contributed by atoms with Crippen LogP contribution < -0.4 is 21.1 Å². The molecule has 1 saturated heterocycles. The fourth-order valence-corrected chi connectivity index (χ4v) is 7.11. The number of aromatic nitrogens is 3. The van der Waals surface area contributed by atoms with Crippen LogP contribution in [0, 0.1) is 12.8 Å². The molecule has 3 N–H and O–H groups in total. The van der Waals surface area contributed by atoms with Crippen LogP contribution in [0.2, 0.25) is 0 Å². The Morgan fingerprint density at radius 1 is 1.38 bits per heavy atom. The average molecular weight is 468 g/mol. The lowest BCUT2D eigenvalue weighted by Gasteiger charge is -2.31. The van der Waals surface area contributed by atoms with Gasteiger partial charge in [0.2, 0.25) is 11.9 Å². The number of amides is 1. The Morgan fingerprint density at radius 2 is 2.28 bits per heavy atom. The number of carbonyl (C=O) groups is 1. The summed E-state index contributed by atoms with van der Waals surface area (Å²) >= 11 is 3.29. The molecule has 1 unspecified atom stereocenters. The molecule has 0 radical (unpaired) electrons. The summed E-state index contributed by atoms with van der Waals surface area (Å²) in [6.07, 6.45) is 3.56. The van der Waals surface area contributed by atoms with Crippen molar-refractivity contribution in [2.24, 2.45) is 5.92 Å². The highest BCUT2D eigenvalue weighted by Crippen LogP contribution is 2.48. The van der Waals surface area contributed by atoms with Crippen LogP contribution in [-0.4, -0.2) is 33.1 Å². The third-order valence-electron chi connectivity index (χ3n) is 6.28. The van der Waals surface area contributed by atoms with E-state index >= 15 is 0 Å². The second-order valence-corrected chi connectivity index (χ2v) is 10.7. The second-order valence-electron chi connectivity index (χ2n) is 8.71. The van der Waals surface area contributed by atoms with Crippen molar-refractivity contribution in [1.82, 2.24) is 25.5 Å². The van der Waals surface area contributed by atoms with E-state index < -0.39 is 0 Å². The number of nitrogens with zero attached hydrogens (tertiary/aromatic N) is 4. The van der Waals surface area contributed by atoms with Crippen LogP contribution in [0.5, 0.6) is 0 Å². The average Bonchev–Trinajstić information content (AvgIpc) is 3.47. The number of thioether (sulfide) groups is 1. The molecule has 2 atom stereocenters. The molecule has 3 aromatic rings. The Morgan fingerprint density at radius 3 is 3.16 bits per heavy atom. The summed E-state index contributed by atoms with van der Waals surface area (Å²) in [6, 6.07) is 7.84. The topological polar surface area (TPSA) is 87.1 Å². The fraction of sp³-hybridized carbons (Fsp3) is 0.409. The molecule has 0 saturated carbocycles. The summed E-state index contributed by atoms with van der Waals surface area (Å²) in [5.41, 5.74) is 8.16. The van der Waals surface area contributed by atoms with Gasteiger partial charge in [0.05, 0.1) is 12.4 Å². The predicted molar refractivity (Wildman–Crippen MR) is 127 cm³/mol. The first-order chi connectivity index (χ1) is 15.6. The van der Waals surface area contributed by atoms with Crippen molar-refractivity contribution in [2.75, 3.05) is 22.7 Å². The SMILES string of the molecule is Cc1cccc(NC(=O)CSc2nnc3n2-c2sc4c(c2C2NCNN32)CC[C@H](C)C4)c1. The van der Waals surface area contributed by atoms with Gasteiger partial charge in [-0.25, -0.2) is 9.99 Å². The summed E-state index contributed by atoms with van der Waals surface area (Å²) < 4.78 is 2.13. The number of fused-ring (bicyclic) bond motifs is 8. The highest BCUT2D eigenvalue weighted by atomic mass is 32.2. The molecule has 8 nitrogen and oxygen atoms in total. The summed E-state index contributed by atoms with van der Waals surface area (Å²) in [5.74, 6) is 1.72. The van der Waals surface area contributed by atoms with Crippen LogP contribution >= 0.6 is 23.1 Å². The predicted octanol–water partition coefficient (Wildman–Crippen LogP) is 3.38. The summed E-state index contributed by atoms with van der Waals surface area (Å²) in [6.45, 7) is 5.04. The minimum Gasteiger partial charge on any atom is -0.325 e. The van der Waals surface area contributed by atoms with E-state index in [1.165, 1.54) is 39.2 Å². The van der Waals surface area contributed by atoms with Gasteiger partial charge in [0.1, 0.15) is 11.2 Å². The molecule has 32 heavy (non-hydrogen) atoms. The standard InChI is InChI=1S/C22H25N7OS2/c1-12-4-3-5-14(8-12)25-17(30)10-31-22-27-26-21-28(22)20-18(19-23-11-24-29(19)21)15-7-6-13(2)9-16(15)32-20/h3-5,8,13,19,23-24H,6-7,9-11H2,1-2H3,(H,25,30)/t13-,19?/m0/s1. The number of hydrazine groups is 1. The Kier molecular flexibility index (Phi) is 4.98. The van der Waals surface area contributed by atoms with Gasteiger partial charge in [-0.3, -0.25) is 15.1 Å². The largest absolute Gasteiger partial charge is 0.325 e. The lowest BCUT2D eigenvalue weighted by Crippen LogP contribution is -2.39. The van der Waals surface area contributed by atoms with Crippen molar-refractivity contribution in [3.63, 3.8) is 0 Å². The molecule has 1 amide bonds. The van der Waals surface area contributed by atoms with Crippen LogP contribution in [0.3, 0.4) is 0 Å². The number of anilines is 2. The van der Waals surface area contributed by atoms with E-state index in [9.17, 15) is 4.79 Å². The number of aryl methyl sites for hydroxylation is 1. The van der Waals surface area contributed by atoms with Crippen molar-refractivity contribution in [2.45, 2.75) is 44.4 Å². The molecule has 2 aliphatic heterocycles. The van der Waals surface area contributed by atoms with Gasteiger partial charge in [-0.05, 0) is 55.4 Å². The molecule has 1 fully saturated rings. The monoisotopic (exact) mass is 467 g/mol. The summed E-state index contributed by atoms with van der Waals surface area (Å²) in [7, 11) is 0. The van der Waals surface area contributed by atoms with Gasteiger partial charge in [-0.2, -0.15) is 0 Å². The lowest BCUT2D eigenvalue weighted by atomic mass is 9.87. The third-order valence-corrected chi connectivity index (χ3v) is 8.46. The Balaban J connectivity index is 1.30. The minimum absolute atomic E-state index is 0.0490. The maximum Gasteiger partial charge on any atom is 0.249 e. The van der Waals surface area contributed by atoms with Crippen molar-refractivity contribution in [3.05, 3.63) is 45.8 Å². The van der Waals surface area contributed by atoms with E-state index in [1.807, 2.05) is 42.5 Å². The van der Waals surface area contributed by atoms with Gasteiger partial charge in [0, 0.05) is 16.1 Å². The van der Waals surface area contributed by atoms with Crippen molar-refractivity contribution in [3.8, 4) is 5.00 Å². The maximum atomic E-state index is 12.6. The molecular weight excluding hydrogens is 442 g/mol. The summed E-state index contributed by atoms with van der Waals surface area (Å²) in [4.78, 5) is 14.1. The van der Waals surface area contributed by atoms with E-state index in [4.69, 9.17) is 0 Å². The molecule has 2 aromatic heterocycles. The van der Waals surface area contributed by atoms with E-state index in [0.29, 0.717) is 12.6 Å². The number of rotatable bonds is 4. The molecule has 0 bridgehead atoms. The molecule has 4 heterocycles. The highest BCUT2D eigenvalue weighted by molar-refractivity contribution is 7.99. The van der Waals surface area contributed by atoms with Crippen LogP contribution in [-0.2, 0) is 17.6 Å². The highest BCUT2D eigenvalue weighted by Gasteiger charge is 2.42. The normalized spacial score (nSPS) is 21.0. The zero-order chi connectivity index (χ0) is 21.8. The van der Waals surface area contributed by atoms with Crippen LogP contribution in [0.4, 0.5) is 11.6 Å². The number of benzene rings is 1. The number of nitrogens with one attached hydrogen (secondary N) is 3. The van der Waals surface area contributed by atoms with Gasteiger partial charge < -0.3 is 5.32 Å². The Labute approximate surface area is 194 Å². The van der Waals surface area contributed by atoms with Crippen LogP contribution in [0.1, 0.15) is 41.1 Å². The van der Waals surface area contributed by atoms with Crippen LogP contribution in [0.15, 0.2) is 29.4 Å². The molecule has 3 aliphatic rings.